The summed E-state index contributed by atoms with van der Waals surface area (Å²) in [7, 11) is 0. The van der Waals surface area contributed by atoms with Gasteiger partial charge in [0.25, 0.3) is 0 Å². The van der Waals surface area contributed by atoms with Crippen molar-refractivity contribution in [3.63, 3.8) is 0 Å². The molecule has 0 saturated heterocycles. The molecule has 1 fully saturated rings. The number of hydrogen-bond acceptors (Lipinski definition) is 1. The highest BCUT2D eigenvalue weighted by Crippen LogP contribution is 2.36. The van der Waals surface area contributed by atoms with E-state index in [9.17, 15) is 0 Å². The largest absolute Gasteiger partial charge is 0.312 e. The summed E-state index contributed by atoms with van der Waals surface area (Å²) < 4.78 is 0. The van der Waals surface area contributed by atoms with Crippen LogP contribution in [0.2, 0.25) is 0 Å². The average Bonchev–Trinajstić information content (AvgIpc) is 2.26. The summed E-state index contributed by atoms with van der Waals surface area (Å²) >= 11 is 0. The van der Waals surface area contributed by atoms with Crippen LogP contribution in [0.1, 0.15) is 73.1 Å². The molecule has 3 unspecified atom stereocenters. The zero-order valence-corrected chi connectivity index (χ0v) is 12.7. The first kappa shape index (κ1) is 15.0. The molecule has 0 radical (unpaired) electrons. The predicted octanol–water partition coefficient (Wildman–Crippen LogP) is 4.62. The van der Waals surface area contributed by atoms with Crippen LogP contribution in [0.3, 0.4) is 0 Å². The van der Waals surface area contributed by atoms with Crippen LogP contribution in [0.5, 0.6) is 0 Å². The van der Waals surface area contributed by atoms with Crippen molar-refractivity contribution in [2.45, 2.75) is 78.7 Å². The molecule has 102 valence electrons. The molecular formula is C16H33N. The molecule has 1 saturated carbocycles. The lowest BCUT2D eigenvalue weighted by atomic mass is 9.71. The van der Waals surface area contributed by atoms with Gasteiger partial charge in [-0.05, 0) is 57.9 Å². The van der Waals surface area contributed by atoms with Gasteiger partial charge in [-0.1, -0.05) is 39.5 Å². The first-order valence-electron chi connectivity index (χ1n) is 7.69. The minimum Gasteiger partial charge on any atom is -0.312 e. The van der Waals surface area contributed by atoms with Crippen LogP contribution in [-0.4, -0.2) is 12.1 Å². The molecule has 0 spiro atoms. The molecule has 0 bridgehead atoms. The second-order valence-corrected chi connectivity index (χ2v) is 7.11. The molecule has 1 heteroatoms. The van der Waals surface area contributed by atoms with Crippen LogP contribution in [-0.2, 0) is 0 Å². The second-order valence-electron chi connectivity index (χ2n) is 7.11. The van der Waals surface area contributed by atoms with E-state index in [-0.39, 0.29) is 5.54 Å². The van der Waals surface area contributed by atoms with E-state index in [1.807, 2.05) is 0 Å². The monoisotopic (exact) mass is 239 g/mol. The standard InChI is InChI=1S/C16H33N/c1-6-9-13(2)15-11-8-7-10-14(15)12-17-16(3,4)5/h13-15,17H,6-12H2,1-5H3. The Hall–Kier alpha value is -0.0400. The van der Waals surface area contributed by atoms with Gasteiger partial charge in [0, 0.05) is 5.54 Å². The van der Waals surface area contributed by atoms with Crippen molar-refractivity contribution in [3.05, 3.63) is 0 Å². The lowest BCUT2D eigenvalue weighted by Gasteiger charge is -2.37. The van der Waals surface area contributed by atoms with E-state index in [1.165, 1.54) is 45.1 Å². The fraction of sp³-hybridized carbons (Fsp3) is 1.00. The smallest absolute Gasteiger partial charge is 0.00966 e. The number of rotatable bonds is 5. The summed E-state index contributed by atoms with van der Waals surface area (Å²) in [4.78, 5) is 0. The van der Waals surface area contributed by atoms with Gasteiger partial charge in [-0.2, -0.15) is 0 Å². The van der Waals surface area contributed by atoms with E-state index < -0.39 is 0 Å². The summed E-state index contributed by atoms with van der Waals surface area (Å²) in [5, 5.41) is 3.72. The highest BCUT2D eigenvalue weighted by molar-refractivity contribution is 4.83. The molecule has 1 aliphatic carbocycles. The Balaban J connectivity index is 2.47. The first-order valence-corrected chi connectivity index (χ1v) is 7.69. The summed E-state index contributed by atoms with van der Waals surface area (Å²) in [5.74, 6) is 2.81. The summed E-state index contributed by atoms with van der Waals surface area (Å²) in [6, 6.07) is 0. The van der Waals surface area contributed by atoms with E-state index >= 15 is 0 Å². The zero-order chi connectivity index (χ0) is 12.9. The first-order chi connectivity index (χ1) is 7.94. The van der Waals surface area contributed by atoms with Crippen molar-refractivity contribution < 1.29 is 0 Å². The highest BCUT2D eigenvalue weighted by atomic mass is 14.9. The molecule has 1 N–H and O–H groups in total. The molecule has 0 aliphatic heterocycles. The van der Waals surface area contributed by atoms with Crippen molar-refractivity contribution in [3.8, 4) is 0 Å². The van der Waals surface area contributed by atoms with Gasteiger partial charge in [0.15, 0.2) is 0 Å². The molecule has 0 aromatic heterocycles. The van der Waals surface area contributed by atoms with E-state index in [0.29, 0.717) is 0 Å². The summed E-state index contributed by atoms with van der Waals surface area (Å²) in [6.45, 7) is 12.9. The molecule has 0 aromatic carbocycles. The van der Waals surface area contributed by atoms with Crippen LogP contribution in [0.25, 0.3) is 0 Å². The Morgan fingerprint density at radius 1 is 1.18 bits per heavy atom. The van der Waals surface area contributed by atoms with Crippen LogP contribution in [0.15, 0.2) is 0 Å². The SMILES string of the molecule is CCCC(C)C1CCCCC1CNC(C)(C)C. The molecular weight excluding hydrogens is 206 g/mol. The van der Waals surface area contributed by atoms with Crippen LogP contribution in [0.4, 0.5) is 0 Å². The predicted molar refractivity (Wildman–Crippen MR) is 77.3 cm³/mol. The minimum absolute atomic E-state index is 0.274. The van der Waals surface area contributed by atoms with E-state index in [2.05, 4.69) is 39.9 Å². The third kappa shape index (κ3) is 5.42. The van der Waals surface area contributed by atoms with Gasteiger partial charge in [0.05, 0.1) is 0 Å². The lowest BCUT2D eigenvalue weighted by Crippen LogP contribution is -2.42. The normalized spacial score (nSPS) is 28.1. The zero-order valence-electron chi connectivity index (χ0n) is 12.7. The molecule has 1 nitrogen and oxygen atoms in total. The fourth-order valence-electron chi connectivity index (χ4n) is 3.35. The Kier molecular flexibility index (Phi) is 5.99. The van der Waals surface area contributed by atoms with Crippen LogP contribution in [0, 0.1) is 17.8 Å². The summed E-state index contributed by atoms with van der Waals surface area (Å²) in [5.41, 5.74) is 0.274. The van der Waals surface area contributed by atoms with Crippen molar-refractivity contribution in [1.29, 1.82) is 0 Å². The van der Waals surface area contributed by atoms with Crippen LogP contribution >= 0.6 is 0 Å². The van der Waals surface area contributed by atoms with Crippen LogP contribution < -0.4 is 5.32 Å². The molecule has 1 aliphatic rings. The van der Waals surface area contributed by atoms with Crippen molar-refractivity contribution in [2.24, 2.45) is 17.8 Å². The number of nitrogens with one attached hydrogen (secondary N) is 1. The fourth-order valence-corrected chi connectivity index (χ4v) is 3.35. The Morgan fingerprint density at radius 3 is 2.41 bits per heavy atom. The maximum absolute atomic E-state index is 3.72. The van der Waals surface area contributed by atoms with E-state index in [1.54, 1.807) is 0 Å². The number of hydrogen-bond donors (Lipinski definition) is 1. The quantitative estimate of drug-likeness (QED) is 0.738. The van der Waals surface area contributed by atoms with Crippen molar-refractivity contribution >= 4 is 0 Å². The van der Waals surface area contributed by atoms with E-state index in [4.69, 9.17) is 0 Å². The Bertz CT molecular complexity index is 204. The molecule has 0 aromatic rings. The van der Waals surface area contributed by atoms with Gasteiger partial charge in [-0.15, -0.1) is 0 Å². The third-order valence-corrected chi connectivity index (χ3v) is 4.34. The topological polar surface area (TPSA) is 12.0 Å². The van der Waals surface area contributed by atoms with Gasteiger partial charge in [0.2, 0.25) is 0 Å². The van der Waals surface area contributed by atoms with Crippen molar-refractivity contribution in [1.82, 2.24) is 5.32 Å². The lowest BCUT2D eigenvalue weighted by molar-refractivity contribution is 0.152. The Labute approximate surface area is 109 Å². The molecule has 0 amide bonds. The molecule has 1 rings (SSSR count). The molecule has 0 heterocycles. The second kappa shape index (κ2) is 6.78. The minimum atomic E-state index is 0.274. The van der Waals surface area contributed by atoms with Crippen molar-refractivity contribution in [2.75, 3.05) is 6.54 Å². The van der Waals surface area contributed by atoms with Gasteiger partial charge < -0.3 is 5.32 Å². The molecule has 17 heavy (non-hydrogen) atoms. The van der Waals surface area contributed by atoms with Gasteiger partial charge >= 0.3 is 0 Å². The molecule has 3 atom stereocenters. The van der Waals surface area contributed by atoms with Gasteiger partial charge in [-0.3, -0.25) is 0 Å². The third-order valence-electron chi connectivity index (χ3n) is 4.34. The average molecular weight is 239 g/mol. The van der Waals surface area contributed by atoms with E-state index in [0.717, 1.165) is 17.8 Å². The van der Waals surface area contributed by atoms with Gasteiger partial charge in [0.1, 0.15) is 0 Å². The summed E-state index contributed by atoms with van der Waals surface area (Å²) in [6.07, 6.45) is 8.59. The van der Waals surface area contributed by atoms with Gasteiger partial charge in [-0.25, -0.2) is 0 Å². The Morgan fingerprint density at radius 2 is 1.82 bits per heavy atom. The highest BCUT2D eigenvalue weighted by Gasteiger charge is 2.29. The maximum Gasteiger partial charge on any atom is 0.00966 e. The maximum atomic E-state index is 3.72.